The molecule has 3 N–H and O–H groups in total. The Morgan fingerprint density at radius 3 is 2.23 bits per heavy atom. The van der Waals surface area contributed by atoms with Gasteiger partial charge in [-0.1, -0.05) is 31.7 Å². The number of phenols is 1. The lowest BCUT2D eigenvalue weighted by molar-refractivity contribution is 0.102. The van der Waals surface area contributed by atoms with Crippen LogP contribution in [-0.4, -0.2) is 26.5 Å². The number of sulfonamides is 1. The van der Waals surface area contributed by atoms with Crippen LogP contribution in [0.15, 0.2) is 47.4 Å². The molecule has 0 saturated heterocycles. The molecule has 0 spiro atoms. The van der Waals surface area contributed by atoms with Gasteiger partial charge in [-0.3, -0.25) is 9.63 Å². The van der Waals surface area contributed by atoms with E-state index in [9.17, 15) is 18.3 Å². The summed E-state index contributed by atoms with van der Waals surface area (Å²) in [5.41, 5.74) is 1.36. The van der Waals surface area contributed by atoms with E-state index in [1.807, 2.05) is 25.7 Å². The van der Waals surface area contributed by atoms with E-state index >= 15 is 0 Å². The van der Waals surface area contributed by atoms with E-state index in [0.717, 1.165) is 5.56 Å². The average molecular weight is 378 g/mol. The van der Waals surface area contributed by atoms with E-state index in [1.165, 1.54) is 37.4 Å². The number of rotatable bonds is 5. The van der Waals surface area contributed by atoms with E-state index in [4.69, 9.17) is 0 Å². The highest BCUT2D eigenvalue weighted by Crippen LogP contribution is 2.31. The standard InChI is InChI=1S/C18H22N2O5S/c1-18(2,3)13-7-10-16(21)15(11-13)19-17(22)12-5-8-14(9-6-12)26(23,24)20-25-4/h5-11,20-21H,1-4H3,(H,19,22). The molecule has 0 fully saturated rings. The molecule has 0 aliphatic rings. The molecular weight excluding hydrogens is 356 g/mol. The average Bonchev–Trinajstić information content (AvgIpc) is 2.56. The number of hydrogen-bond acceptors (Lipinski definition) is 5. The molecule has 0 atom stereocenters. The first-order valence-corrected chi connectivity index (χ1v) is 9.32. The molecule has 8 heteroatoms. The van der Waals surface area contributed by atoms with Crippen molar-refractivity contribution in [2.24, 2.45) is 0 Å². The van der Waals surface area contributed by atoms with Gasteiger partial charge in [-0.05, 0) is 47.4 Å². The number of amides is 1. The molecule has 0 saturated carbocycles. The van der Waals surface area contributed by atoms with Crippen LogP contribution >= 0.6 is 0 Å². The fourth-order valence-corrected chi connectivity index (χ4v) is 3.05. The number of hydrogen-bond donors (Lipinski definition) is 3. The summed E-state index contributed by atoms with van der Waals surface area (Å²) in [7, 11) is -2.59. The molecule has 0 heterocycles. The monoisotopic (exact) mass is 378 g/mol. The second-order valence-corrected chi connectivity index (χ2v) is 8.40. The van der Waals surface area contributed by atoms with Crippen LogP contribution in [0.5, 0.6) is 5.75 Å². The summed E-state index contributed by atoms with van der Waals surface area (Å²) in [5.74, 6) is -0.509. The second-order valence-electron chi connectivity index (χ2n) is 6.75. The number of aromatic hydroxyl groups is 1. The Morgan fingerprint density at radius 1 is 1.08 bits per heavy atom. The summed E-state index contributed by atoms with van der Waals surface area (Å²) in [6.07, 6.45) is 0. The fourth-order valence-electron chi connectivity index (χ4n) is 2.24. The molecule has 1 amide bonds. The van der Waals surface area contributed by atoms with Crippen molar-refractivity contribution >= 4 is 21.6 Å². The van der Waals surface area contributed by atoms with E-state index in [-0.39, 0.29) is 21.6 Å². The van der Waals surface area contributed by atoms with Gasteiger partial charge in [-0.25, -0.2) is 8.42 Å². The normalized spacial score (nSPS) is 12.0. The predicted octanol–water partition coefficient (Wildman–Crippen LogP) is 2.78. The first-order chi connectivity index (χ1) is 12.0. The number of carbonyl (C=O) groups is 1. The maximum Gasteiger partial charge on any atom is 0.262 e. The van der Waals surface area contributed by atoms with Gasteiger partial charge < -0.3 is 10.4 Å². The number of benzene rings is 2. The van der Waals surface area contributed by atoms with Crippen LogP contribution in [-0.2, 0) is 20.3 Å². The van der Waals surface area contributed by atoms with E-state index in [2.05, 4.69) is 10.2 Å². The molecule has 2 aromatic carbocycles. The quantitative estimate of drug-likeness (QED) is 0.548. The molecule has 7 nitrogen and oxygen atoms in total. The Balaban J connectivity index is 2.23. The summed E-state index contributed by atoms with van der Waals surface area (Å²) in [5, 5.41) is 12.6. The van der Waals surface area contributed by atoms with Gasteiger partial charge in [0.2, 0.25) is 0 Å². The lowest BCUT2D eigenvalue weighted by Crippen LogP contribution is -2.22. The van der Waals surface area contributed by atoms with Crippen molar-refractivity contribution in [1.82, 2.24) is 4.89 Å². The van der Waals surface area contributed by atoms with Crippen LogP contribution < -0.4 is 10.2 Å². The van der Waals surface area contributed by atoms with Gasteiger partial charge >= 0.3 is 0 Å². The Labute approximate surface area is 153 Å². The summed E-state index contributed by atoms with van der Waals surface area (Å²) >= 11 is 0. The Bertz CT molecular complexity index is 900. The smallest absolute Gasteiger partial charge is 0.262 e. The molecule has 0 radical (unpaired) electrons. The van der Waals surface area contributed by atoms with Gasteiger partial charge in [0.05, 0.1) is 17.7 Å². The van der Waals surface area contributed by atoms with Gasteiger partial charge in [0, 0.05) is 5.56 Å². The molecule has 0 aliphatic carbocycles. The van der Waals surface area contributed by atoms with Crippen LogP contribution in [0.1, 0.15) is 36.7 Å². The maximum atomic E-state index is 12.4. The van der Waals surface area contributed by atoms with Crippen LogP contribution in [0.4, 0.5) is 5.69 Å². The minimum atomic E-state index is -3.78. The topological polar surface area (TPSA) is 105 Å². The largest absolute Gasteiger partial charge is 0.506 e. The number of anilines is 1. The molecule has 0 aliphatic heterocycles. The fraction of sp³-hybridized carbons (Fsp3) is 0.278. The molecule has 0 aromatic heterocycles. The highest BCUT2D eigenvalue weighted by molar-refractivity contribution is 7.89. The minimum Gasteiger partial charge on any atom is -0.506 e. The van der Waals surface area contributed by atoms with Crippen molar-refractivity contribution in [3.8, 4) is 5.75 Å². The van der Waals surface area contributed by atoms with E-state index in [0.29, 0.717) is 5.69 Å². The van der Waals surface area contributed by atoms with Crippen LogP contribution in [0.3, 0.4) is 0 Å². The summed E-state index contributed by atoms with van der Waals surface area (Å²) in [6.45, 7) is 6.08. The molecule has 2 aromatic rings. The zero-order valence-electron chi connectivity index (χ0n) is 15.0. The predicted molar refractivity (Wildman–Crippen MR) is 98.5 cm³/mol. The van der Waals surface area contributed by atoms with Crippen molar-refractivity contribution < 1.29 is 23.2 Å². The van der Waals surface area contributed by atoms with Crippen molar-refractivity contribution in [2.75, 3.05) is 12.4 Å². The Morgan fingerprint density at radius 2 is 1.69 bits per heavy atom. The van der Waals surface area contributed by atoms with Gasteiger partial charge in [0.15, 0.2) is 0 Å². The first kappa shape index (κ1) is 19.9. The molecule has 0 bridgehead atoms. The lowest BCUT2D eigenvalue weighted by atomic mass is 9.87. The third-order valence-corrected chi connectivity index (χ3v) is 5.01. The van der Waals surface area contributed by atoms with E-state index < -0.39 is 15.9 Å². The van der Waals surface area contributed by atoms with E-state index in [1.54, 1.807) is 12.1 Å². The summed E-state index contributed by atoms with van der Waals surface area (Å²) < 4.78 is 23.6. The molecule has 2 rings (SSSR count). The zero-order chi connectivity index (χ0) is 19.5. The van der Waals surface area contributed by atoms with Crippen LogP contribution in [0, 0.1) is 0 Å². The minimum absolute atomic E-state index is 0.0338. The van der Waals surface area contributed by atoms with Gasteiger partial charge in [-0.15, -0.1) is 0 Å². The number of nitrogens with one attached hydrogen (secondary N) is 2. The highest BCUT2D eigenvalue weighted by Gasteiger charge is 2.18. The maximum absolute atomic E-state index is 12.4. The van der Waals surface area contributed by atoms with Crippen molar-refractivity contribution in [1.29, 1.82) is 0 Å². The lowest BCUT2D eigenvalue weighted by Gasteiger charge is -2.20. The van der Waals surface area contributed by atoms with Crippen molar-refractivity contribution in [3.05, 3.63) is 53.6 Å². The van der Waals surface area contributed by atoms with Gasteiger partial charge in [-0.2, -0.15) is 0 Å². The number of carbonyl (C=O) groups excluding carboxylic acids is 1. The molecule has 26 heavy (non-hydrogen) atoms. The number of phenolic OH excluding ortho intramolecular Hbond substituents is 1. The summed E-state index contributed by atoms with van der Waals surface area (Å²) in [6, 6.07) is 10.4. The zero-order valence-corrected chi connectivity index (χ0v) is 15.8. The molecular formula is C18H22N2O5S. The van der Waals surface area contributed by atoms with Crippen molar-refractivity contribution in [3.63, 3.8) is 0 Å². The third kappa shape index (κ3) is 4.60. The summed E-state index contributed by atoms with van der Waals surface area (Å²) in [4.78, 5) is 18.7. The van der Waals surface area contributed by atoms with Gasteiger partial charge in [0.1, 0.15) is 5.75 Å². The Kier molecular flexibility index (Phi) is 5.70. The SMILES string of the molecule is CONS(=O)(=O)c1ccc(C(=O)Nc2cc(C(C)(C)C)ccc2O)cc1. The van der Waals surface area contributed by atoms with Gasteiger partial charge in [0.25, 0.3) is 15.9 Å². The second kappa shape index (κ2) is 7.45. The first-order valence-electron chi connectivity index (χ1n) is 7.84. The molecule has 140 valence electrons. The Hall–Kier alpha value is -2.42. The van der Waals surface area contributed by atoms with Crippen LogP contribution in [0.25, 0.3) is 0 Å². The third-order valence-electron chi connectivity index (χ3n) is 3.73. The van der Waals surface area contributed by atoms with Crippen molar-refractivity contribution in [2.45, 2.75) is 31.1 Å². The highest BCUT2D eigenvalue weighted by atomic mass is 32.2. The van der Waals surface area contributed by atoms with Crippen LogP contribution in [0.2, 0.25) is 0 Å². The molecule has 0 unspecified atom stereocenters.